The van der Waals surface area contributed by atoms with Crippen LogP contribution in [0.2, 0.25) is 0 Å². The van der Waals surface area contributed by atoms with Gasteiger partial charge in [-0.25, -0.2) is 8.78 Å². The molecule has 112 valence electrons. The van der Waals surface area contributed by atoms with E-state index >= 15 is 0 Å². The van der Waals surface area contributed by atoms with Crippen LogP contribution in [0.3, 0.4) is 0 Å². The van der Waals surface area contributed by atoms with Gasteiger partial charge in [-0.1, -0.05) is 26.8 Å². The van der Waals surface area contributed by atoms with Crippen molar-refractivity contribution in [3.63, 3.8) is 0 Å². The third kappa shape index (κ3) is 3.55. The monoisotopic (exact) mass is 282 g/mol. The number of halogens is 2. The first-order chi connectivity index (χ1) is 9.51. The highest BCUT2D eigenvalue weighted by molar-refractivity contribution is 5.18. The summed E-state index contributed by atoms with van der Waals surface area (Å²) < 4.78 is 26.3. The van der Waals surface area contributed by atoms with E-state index in [-0.39, 0.29) is 0 Å². The van der Waals surface area contributed by atoms with E-state index in [0.29, 0.717) is 24.5 Å². The molecule has 0 spiro atoms. The SMILES string of the molecule is CCC1CN(Cc2ccc(F)c(F)c2)C(C(C)C)CN1. The molecule has 0 amide bonds. The van der Waals surface area contributed by atoms with Gasteiger partial charge in [0, 0.05) is 31.7 Å². The van der Waals surface area contributed by atoms with Crippen molar-refractivity contribution in [2.45, 2.75) is 45.8 Å². The molecule has 1 aliphatic rings. The van der Waals surface area contributed by atoms with E-state index in [1.807, 2.05) is 0 Å². The van der Waals surface area contributed by atoms with Crippen molar-refractivity contribution >= 4 is 0 Å². The Kier molecular flexibility index (Phi) is 5.11. The lowest BCUT2D eigenvalue weighted by Gasteiger charge is -2.42. The van der Waals surface area contributed by atoms with Crippen molar-refractivity contribution in [3.05, 3.63) is 35.4 Å². The summed E-state index contributed by atoms with van der Waals surface area (Å²) in [6.45, 7) is 9.17. The third-order valence-electron chi connectivity index (χ3n) is 4.17. The second kappa shape index (κ2) is 6.64. The molecule has 2 atom stereocenters. The van der Waals surface area contributed by atoms with Gasteiger partial charge in [-0.2, -0.15) is 0 Å². The maximum atomic E-state index is 13.3. The first-order valence-electron chi connectivity index (χ1n) is 7.42. The standard InChI is InChI=1S/C16H24F2N2/c1-4-13-10-20(16(8-19-13)11(2)3)9-12-5-6-14(17)15(18)7-12/h5-7,11,13,16,19H,4,8-10H2,1-3H3. The fraction of sp³-hybridized carbons (Fsp3) is 0.625. The fourth-order valence-electron chi connectivity index (χ4n) is 2.88. The van der Waals surface area contributed by atoms with Gasteiger partial charge >= 0.3 is 0 Å². The first-order valence-corrected chi connectivity index (χ1v) is 7.42. The van der Waals surface area contributed by atoms with Gasteiger partial charge < -0.3 is 5.32 Å². The summed E-state index contributed by atoms with van der Waals surface area (Å²) in [5.41, 5.74) is 0.839. The van der Waals surface area contributed by atoms with Crippen LogP contribution in [0.25, 0.3) is 0 Å². The van der Waals surface area contributed by atoms with E-state index in [1.165, 1.54) is 12.1 Å². The predicted octanol–water partition coefficient (Wildman–Crippen LogP) is 3.17. The molecule has 1 aromatic rings. The minimum absolute atomic E-state index is 0.436. The van der Waals surface area contributed by atoms with Crippen LogP contribution in [-0.2, 0) is 6.54 Å². The molecule has 4 heteroatoms. The summed E-state index contributed by atoms with van der Waals surface area (Å²) in [4.78, 5) is 2.39. The normalized spacial score (nSPS) is 24.3. The highest BCUT2D eigenvalue weighted by atomic mass is 19.2. The second-order valence-electron chi connectivity index (χ2n) is 6.00. The van der Waals surface area contributed by atoms with Gasteiger partial charge in [0.25, 0.3) is 0 Å². The van der Waals surface area contributed by atoms with Crippen molar-refractivity contribution < 1.29 is 8.78 Å². The summed E-state index contributed by atoms with van der Waals surface area (Å²) >= 11 is 0. The Bertz CT molecular complexity index is 448. The molecule has 1 N–H and O–H groups in total. The van der Waals surface area contributed by atoms with Gasteiger partial charge in [0.2, 0.25) is 0 Å². The van der Waals surface area contributed by atoms with Gasteiger partial charge in [-0.3, -0.25) is 4.90 Å². The van der Waals surface area contributed by atoms with Crippen molar-refractivity contribution in [3.8, 4) is 0 Å². The Morgan fingerprint density at radius 3 is 2.65 bits per heavy atom. The molecule has 1 fully saturated rings. The number of rotatable bonds is 4. The Morgan fingerprint density at radius 1 is 1.30 bits per heavy atom. The molecule has 0 saturated carbocycles. The number of hydrogen-bond acceptors (Lipinski definition) is 2. The molecule has 2 rings (SSSR count). The average molecular weight is 282 g/mol. The maximum Gasteiger partial charge on any atom is 0.159 e. The molecule has 0 radical (unpaired) electrons. The molecular formula is C16H24F2N2. The Hall–Kier alpha value is -1.00. The molecule has 0 bridgehead atoms. The largest absolute Gasteiger partial charge is 0.311 e. The lowest BCUT2D eigenvalue weighted by atomic mass is 9.97. The maximum absolute atomic E-state index is 13.3. The number of nitrogens with zero attached hydrogens (tertiary/aromatic N) is 1. The van der Waals surface area contributed by atoms with Crippen LogP contribution in [0.1, 0.15) is 32.8 Å². The van der Waals surface area contributed by atoms with E-state index in [9.17, 15) is 8.78 Å². The van der Waals surface area contributed by atoms with Crippen LogP contribution in [0.15, 0.2) is 18.2 Å². The Morgan fingerprint density at radius 2 is 2.05 bits per heavy atom. The summed E-state index contributed by atoms with van der Waals surface area (Å²) in [5.74, 6) is -1.00. The van der Waals surface area contributed by atoms with Gasteiger partial charge in [0.1, 0.15) is 0 Å². The molecule has 2 nitrogen and oxygen atoms in total. The number of hydrogen-bond donors (Lipinski definition) is 1. The molecule has 0 aromatic heterocycles. The van der Waals surface area contributed by atoms with Crippen molar-refractivity contribution in [1.29, 1.82) is 0 Å². The van der Waals surface area contributed by atoms with Gasteiger partial charge in [0.05, 0.1) is 0 Å². The lowest BCUT2D eigenvalue weighted by molar-refractivity contribution is 0.0899. The van der Waals surface area contributed by atoms with E-state index in [0.717, 1.165) is 25.1 Å². The van der Waals surface area contributed by atoms with Crippen LogP contribution >= 0.6 is 0 Å². The topological polar surface area (TPSA) is 15.3 Å². The highest BCUT2D eigenvalue weighted by Gasteiger charge is 2.29. The fourth-order valence-corrected chi connectivity index (χ4v) is 2.88. The number of benzene rings is 1. The molecule has 20 heavy (non-hydrogen) atoms. The molecular weight excluding hydrogens is 258 g/mol. The molecule has 1 aliphatic heterocycles. The van der Waals surface area contributed by atoms with E-state index in [2.05, 4.69) is 31.0 Å². The second-order valence-corrected chi connectivity index (χ2v) is 6.00. The summed E-state index contributed by atoms with van der Waals surface area (Å²) in [6, 6.07) is 5.13. The molecule has 1 heterocycles. The van der Waals surface area contributed by atoms with Crippen molar-refractivity contribution in [1.82, 2.24) is 10.2 Å². The van der Waals surface area contributed by atoms with Crippen LogP contribution in [-0.4, -0.2) is 30.1 Å². The summed E-state index contributed by atoms with van der Waals surface area (Å²) in [6.07, 6.45) is 1.08. The predicted molar refractivity (Wildman–Crippen MR) is 77.5 cm³/mol. The highest BCUT2D eigenvalue weighted by Crippen LogP contribution is 2.20. The zero-order chi connectivity index (χ0) is 14.7. The van der Waals surface area contributed by atoms with Gasteiger partial charge in [-0.15, -0.1) is 0 Å². The minimum Gasteiger partial charge on any atom is -0.311 e. The zero-order valence-corrected chi connectivity index (χ0v) is 12.5. The molecule has 2 unspecified atom stereocenters. The average Bonchev–Trinajstić information content (AvgIpc) is 2.42. The van der Waals surface area contributed by atoms with Crippen LogP contribution in [0.5, 0.6) is 0 Å². The first kappa shape index (κ1) is 15.4. The van der Waals surface area contributed by atoms with E-state index < -0.39 is 11.6 Å². The smallest absolute Gasteiger partial charge is 0.159 e. The number of nitrogens with one attached hydrogen (secondary N) is 1. The third-order valence-corrected chi connectivity index (χ3v) is 4.17. The Balaban J connectivity index is 2.11. The zero-order valence-electron chi connectivity index (χ0n) is 12.5. The summed E-state index contributed by atoms with van der Waals surface area (Å²) in [5, 5.41) is 3.56. The van der Waals surface area contributed by atoms with Crippen LogP contribution in [0, 0.1) is 17.6 Å². The molecule has 1 aromatic carbocycles. The van der Waals surface area contributed by atoms with Gasteiger partial charge in [-0.05, 0) is 30.0 Å². The van der Waals surface area contributed by atoms with Crippen molar-refractivity contribution in [2.24, 2.45) is 5.92 Å². The van der Waals surface area contributed by atoms with E-state index in [1.54, 1.807) is 6.07 Å². The van der Waals surface area contributed by atoms with Crippen LogP contribution in [0.4, 0.5) is 8.78 Å². The molecule has 1 saturated heterocycles. The van der Waals surface area contributed by atoms with Crippen LogP contribution < -0.4 is 5.32 Å². The number of piperazine rings is 1. The van der Waals surface area contributed by atoms with Crippen molar-refractivity contribution in [2.75, 3.05) is 13.1 Å². The van der Waals surface area contributed by atoms with E-state index in [4.69, 9.17) is 0 Å². The Labute approximate surface area is 120 Å². The lowest BCUT2D eigenvalue weighted by Crippen LogP contribution is -2.57. The van der Waals surface area contributed by atoms with Gasteiger partial charge in [0.15, 0.2) is 11.6 Å². The molecule has 0 aliphatic carbocycles. The summed E-state index contributed by atoms with van der Waals surface area (Å²) in [7, 11) is 0. The minimum atomic E-state index is -0.777. The quantitative estimate of drug-likeness (QED) is 0.912.